The zero-order valence-electron chi connectivity index (χ0n) is 16.0. The summed E-state index contributed by atoms with van der Waals surface area (Å²) in [4.78, 5) is 30.5. The minimum atomic E-state index is -0.103. The lowest BCUT2D eigenvalue weighted by Crippen LogP contribution is -2.36. The summed E-state index contributed by atoms with van der Waals surface area (Å²) in [5.74, 6) is 0.187. The smallest absolute Gasteiger partial charge is 0.249 e. The molecule has 0 amide bonds. The number of nitrogens with one attached hydrogen (secondary N) is 1. The highest BCUT2D eigenvalue weighted by Crippen LogP contribution is 2.30. The summed E-state index contributed by atoms with van der Waals surface area (Å²) in [6.45, 7) is 0.898. The van der Waals surface area contributed by atoms with Crippen molar-refractivity contribution in [1.82, 2.24) is 19.4 Å². The summed E-state index contributed by atoms with van der Waals surface area (Å²) in [5.41, 5.74) is 3.75. The monoisotopic (exact) mass is 376 g/mol. The van der Waals surface area contributed by atoms with Crippen LogP contribution >= 0.6 is 0 Å². The van der Waals surface area contributed by atoms with Crippen LogP contribution in [0.2, 0.25) is 0 Å². The number of para-hydroxylation sites is 1. The van der Waals surface area contributed by atoms with Crippen LogP contribution in [0.25, 0.3) is 10.9 Å². The highest BCUT2D eigenvalue weighted by atomic mass is 16.2. The summed E-state index contributed by atoms with van der Waals surface area (Å²) >= 11 is 0. The number of Topliss-reactive ketones (excluding diaryl/α,β-unsaturated/α-hetero) is 1. The zero-order chi connectivity index (χ0) is 19.3. The van der Waals surface area contributed by atoms with Crippen molar-refractivity contribution in [1.29, 1.82) is 0 Å². The molecule has 6 nitrogen and oxygen atoms in total. The summed E-state index contributed by atoms with van der Waals surface area (Å²) in [5, 5.41) is 4.27. The molecule has 0 saturated carbocycles. The Labute approximate surface area is 163 Å². The number of carbonyl (C=O) groups excluding carboxylic acids is 2. The largest absolute Gasteiger partial charge is 0.350 e. The highest BCUT2D eigenvalue weighted by Gasteiger charge is 2.32. The van der Waals surface area contributed by atoms with Crippen LogP contribution in [-0.2, 0) is 19.9 Å². The van der Waals surface area contributed by atoms with E-state index in [9.17, 15) is 9.59 Å². The number of carbonyl (C=O) groups is 2. The van der Waals surface area contributed by atoms with Crippen molar-refractivity contribution in [2.45, 2.75) is 38.1 Å². The normalized spacial score (nSPS) is 21.8. The number of fused-ring (bicyclic) bond motifs is 2. The van der Waals surface area contributed by atoms with Gasteiger partial charge >= 0.3 is 0 Å². The first-order chi connectivity index (χ1) is 13.6. The molecular formula is C22H24N4O2. The number of imidazole rings is 1. The Hall–Kier alpha value is -2.73. The third-order valence-electron chi connectivity index (χ3n) is 6.25. The van der Waals surface area contributed by atoms with Gasteiger partial charge in [-0.25, -0.2) is 4.98 Å². The van der Waals surface area contributed by atoms with E-state index < -0.39 is 0 Å². The predicted octanol–water partition coefficient (Wildman–Crippen LogP) is 2.75. The van der Waals surface area contributed by atoms with Crippen molar-refractivity contribution >= 4 is 22.6 Å². The lowest BCUT2D eigenvalue weighted by atomic mass is 9.84. The average molecular weight is 376 g/mol. The standard InChI is InChI=1S/C22H24N4O2/c1-25-12-16(15-5-2-3-7-19(15)25)21(27)14-8-9-20-18(11-14)24-13-26(20)22(28)17-6-4-10-23-17/h2-3,5,7,12-14,17,23H,4,6,8-11H2,1H3/t14-,17?/m1/s1. The molecule has 144 valence electrons. The van der Waals surface area contributed by atoms with Gasteiger partial charge in [0, 0.05) is 47.7 Å². The molecule has 1 fully saturated rings. The second-order valence-electron chi connectivity index (χ2n) is 7.97. The molecule has 2 aliphatic rings. The topological polar surface area (TPSA) is 68.9 Å². The van der Waals surface area contributed by atoms with Gasteiger partial charge in [0.25, 0.3) is 0 Å². The maximum absolute atomic E-state index is 13.3. The van der Waals surface area contributed by atoms with E-state index in [0.717, 1.165) is 60.1 Å². The second kappa shape index (κ2) is 6.71. The van der Waals surface area contributed by atoms with E-state index in [-0.39, 0.29) is 23.7 Å². The Bertz CT molecular complexity index is 1070. The average Bonchev–Trinajstić information content (AvgIpc) is 3.46. The third kappa shape index (κ3) is 2.71. The van der Waals surface area contributed by atoms with Gasteiger partial charge in [0.05, 0.1) is 11.7 Å². The van der Waals surface area contributed by atoms with E-state index >= 15 is 0 Å². The van der Waals surface area contributed by atoms with Crippen LogP contribution in [0.1, 0.15) is 45.8 Å². The molecule has 1 unspecified atom stereocenters. The molecule has 28 heavy (non-hydrogen) atoms. The number of benzene rings is 1. The molecule has 5 rings (SSSR count). The SMILES string of the molecule is Cn1cc(C(=O)[C@@H]2CCc3c(ncn3C(=O)C3CCCN3)C2)c2ccccc21. The van der Waals surface area contributed by atoms with E-state index in [1.54, 1.807) is 10.9 Å². The van der Waals surface area contributed by atoms with Gasteiger partial charge in [-0.1, -0.05) is 18.2 Å². The Morgan fingerprint density at radius 1 is 1.21 bits per heavy atom. The Balaban J connectivity index is 1.40. The number of nitrogens with zero attached hydrogens (tertiary/aromatic N) is 3. The molecule has 6 heteroatoms. The van der Waals surface area contributed by atoms with Crippen molar-refractivity contribution in [3.63, 3.8) is 0 Å². The highest BCUT2D eigenvalue weighted by molar-refractivity contribution is 6.09. The summed E-state index contributed by atoms with van der Waals surface area (Å²) in [7, 11) is 1.97. The van der Waals surface area contributed by atoms with Gasteiger partial charge in [0.1, 0.15) is 6.33 Å². The van der Waals surface area contributed by atoms with Crippen LogP contribution in [0, 0.1) is 5.92 Å². The molecule has 0 radical (unpaired) electrons. The number of ketones is 1. The van der Waals surface area contributed by atoms with Gasteiger partial charge in [-0.3, -0.25) is 14.2 Å². The van der Waals surface area contributed by atoms with Gasteiger partial charge in [0.15, 0.2) is 5.78 Å². The van der Waals surface area contributed by atoms with Gasteiger partial charge in [-0.2, -0.15) is 0 Å². The van der Waals surface area contributed by atoms with E-state index in [1.165, 1.54) is 0 Å². The minimum absolute atomic E-state index is 0.0821. The Morgan fingerprint density at radius 2 is 2.07 bits per heavy atom. The first-order valence-corrected chi connectivity index (χ1v) is 10.0. The number of hydrogen-bond acceptors (Lipinski definition) is 4. The first kappa shape index (κ1) is 17.4. The Morgan fingerprint density at radius 3 is 2.89 bits per heavy atom. The van der Waals surface area contributed by atoms with Crippen molar-refractivity contribution in [2.75, 3.05) is 6.54 Å². The predicted molar refractivity (Wildman–Crippen MR) is 107 cm³/mol. The molecule has 1 aliphatic carbocycles. The molecule has 2 atom stereocenters. The number of hydrogen-bond donors (Lipinski definition) is 1. The van der Waals surface area contributed by atoms with Gasteiger partial charge in [-0.05, 0) is 38.3 Å². The maximum Gasteiger partial charge on any atom is 0.249 e. The van der Waals surface area contributed by atoms with Crippen LogP contribution in [-0.4, -0.2) is 38.4 Å². The van der Waals surface area contributed by atoms with E-state index in [2.05, 4.69) is 10.3 Å². The van der Waals surface area contributed by atoms with Crippen molar-refractivity contribution in [2.24, 2.45) is 13.0 Å². The number of aryl methyl sites for hydroxylation is 1. The molecule has 2 aromatic heterocycles. The summed E-state index contributed by atoms with van der Waals surface area (Å²) in [6, 6.07) is 7.91. The van der Waals surface area contributed by atoms with Crippen LogP contribution < -0.4 is 5.32 Å². The molecule has 3 aromatic rings. The third-order valence-corrected chi connectivity index (χ3v) is 6.25. The number of aromatic nitrogens is 3. The molecule has 1 aromatic carbocycles. The molecule has 3 heterocycles. The fourth-order valence-corrected chi connectivity index (χ4v) is 4.73. The molecule has 0 spiro atoms. The quantitative estimate of drug-likeness (QED) is 0.714. The molecule has 1 aliphatic heterocycles. The molecule has 0 bridgehead atoms. The number of rotatable bonds is 3. The van der Waals surface area contributed by atoms with Gasteiger partial charge in [0.2, 0.25) is 5.91 Å². The Kier molecular flexibility index (Phi) is 4.16. The summed E-state index contributed by atoms with van der Waals surface area (Å²) in [6.07, 6.45) is 7.59. The fraction of sp³-hybridized carbons (Fsp3) is 0.409. The van der Waals surface area contributed by atoms with E-state index in [4.69, 9.17) is 0 Å². The van der Waals surface area contributed by atoms with Crippen molar-refractivity contribution < 1.29 is 9.59 Å². The van der Waals surface area contributed by atoms with E-state index in [0.29, 0.717) is 6.42 Å². The first-order valence-electron chi connectivity index (χ1n) is 10.0. The van der Waals surface area contributed by atoms with Gasteiger partial charge in [-0.15, -0.1) is 0 Å². The lowest BCUT2D eigenvalue weighted by molar-refractivity contribution is 0.0865. The summed E-state index contributed by atoms with van der Waals surface area (Å²) < 4.78 is 3.73. The maximum atomic E-state index is 13.3. The van der Waals surface area contributed by atoms with Crippen LogP contribution in [0.3, 0.4) is 0 Å². The molecular weight excluding hydrogens is 352 g/mol. The lowest BCUT2D eigenvalue weighted by Gasteiger charge is -2.22. The molecule has 1 saturated heterocycles. The van der Waals surface area contributed by atoms with Gasteiger partial charge < -0.3 is 9.88 Å². The van der Waals surface area contributed by atoms with E-state index in [1.807, 2.05) is 42.1 Å². The fourth-order valence-electron chi connectivity index (χ4n) is 4.73. The van der Waals surface area contributed by atoms with Crippen molar-refractivity contribution in [3.8, 4) is 0 Å². The minimum Gasteiger partial charge on any atom is -0.350 e. The van der Waals surface area contributed by atoms with Crippen molar-refractivity contribution in [3.05, 3.63) is 53.7 Å². The van der Waals surface area contributed by atoms with Crippen LogP contribution in [0.15, 0.2) is 36.8 Å². The van der Waals surface area contributed by atoms with Crippen LogP contribution in [0.4, 0.5) is 0 Å². The van der Waals surface area contributed by atoms with Crippen LogP contribution in [0.5, 0.6) is 0 Å². The zero-order valence-corrected chi connectivity index (χ0v) is 16.0. The molecule has 1 N–H and O–H groups in total. The second-order valence-corrected chi connectivity index (χ2v) is 7.97.